The Morgan fingerprint density at radius 2 is 2.39 bits per heavy atom. The van der Waals surface area contributed by atoms with Crippen molar-refractivity contribution in [3.8, 4) is 0 Å². The van der Waals surface area contributed by atoms with Gasteiger partial charge in [0.25, 0.3) is 5.91 Å². The SMILES string of the molecule is O=C(NCC1CNCCO1)c1cc(Cl)cc(Br)c1. The van der Waals surface area contributed by atoms with Crippen molar-refractivity contribution in [1.82, 2.24) is 10.6 Å². The lowest BCUT2D eigenvalue weighted by Crippen LogP contribution is -2.45. The summed E-state index contributed by atoms with van der Waals surface area (Å²) in [4.78, 5) is 11.9. The van der Waals surface area contributed by atoms with Crippen molar-refractivity contribution in [1.29, 1.82) is 0 Å². The van der Waals surface area contributed by atoms with E-state index in [0.29, 0.717) is 23.7 Å². The fourth-order valence-corrected chi connectivity index (χ4v) is 2.60. The highest BCUT2D eigenvalue weighted by atomic mass is 79.9. The fraction of sp³-hybridized carbons (Fsp3) is 0.417. The van der Waals surface area contributed by atoms with Gasteiger partial charge in [0.2, 0.25) is 0 Å². The van der Waals surface area contributed by atoms with Gasteiger partial charge in [0.15, 0.2) is 0 Å². The Balaban J connectivity index is 1.90. The highest BCUT2D eigenvalue weighted by Crippen LogP contribution is 2.19. The van der Waals surface area contributed by atoms with Crippen LogP contribution in [0.15, 0.2) is 22.7 Å². The van der Waals surface area contributed by atoms with Crippen LogP contribution in [0.5, 0.6) is 0 Å². The summed E-state index contributed by atoms with van der Waals surface area (Å²) < 4.78 is 6.29. The van der Waals surface area contributed by atoms with Gasteiger partial charge in [-0.25, -0.2) is 0 Å². The maximum atomic E-state index is 11.9. The first-order chi connectivity index (χ1) is 8.65. The van der Waals surface area contributed by atoms with Crippen LogP contribution in [0.3, 0.4) is 0 Å². The molecule has 1 atom stereocenters. The van der Waals surface area contributed by atoms with Gasteiger partial charge < -0.3 is 15.4 Å². The average molecular weight is 334 g/mol. The number of carbonyl (C=O) groups is 1. The van der Waals surface area contributed by atoms with Crippen LogP contribution in [0, 0.1) is 0 Å². The molecular formula is C12H14BrClN2O2. The first-order valence-electron chi connectivity index (χ1n) is 5.72. The Morgan fingerprint density at radius 1 is 1.56 bits per heavy atom. The normalized spacial score (nSPS) is 19.6. The zero-order valence-electron chi connectivity index (χ0n) is 9.71. The molecule has 4 nitrogen and oxygen atoms in total. The molecule has 0 radical (unpaired) electrons. The average Bonchev–Trinajstić information content (AvgIpc) is 2.36. The van der Waals surface area contributed by atoms with Crippen molar-refractivity contribution in [3.05, 3.63) is 33.3 Å². The summed E-state index contributed by atoms with van der Waals surface area (Å²) in [5, 5.41) is 6.58. The van der Waals surface area contributed by atoms with E-state index in [1.807, 2.05) is 0 Å². The van der Waals surface area contributed by atoms with E-state index in [0.717, 1.165) is 17.6 Å². The first kappa shape index (κ1) is 13.8. The molecule has 1 heterocycles. The second-order valence-electron chi connectivity index (χ2n) is 4.07. The molecule has 98 valence electrons. The van der Waals surface area contributed by atoms with E-state index >= 15 is 0 Å². The van der Waals surface area contributed by atoms with Gasteiger partial charge in [0.1, 0.15) is 0 Å². The molecule has 1 aliphatic rings. The number of ether oxygens (including phenoxy) is 1. The van der Waals surface area contributed by atoms with E-state index < -0.39 is 0 Å². The zero-order chi connectivity index (χ0) is 13.0. The summed E-state index contributed by atoms with van der Waals surface area (Å²) in [6, 6.07) is 5.12. The monoisotopic (exact) mass is 332 g/mol. The highest BCUT2D eigenvalue weighted by molar-refractivity contribution is 9.10. The van der Waals surface area contributed by atoms with Gasteiger partial charge in [-0.05, 0) is 18.2 Å². The van der Waals surface area contributed by atoms with Crippen molar-refractivity contribution >= 4 is 33.4 Å². The summed E-state index contributed by atoms with van der Waals surface area (Å²) in [7, 11) is 0. The quantitative estimate of drug-likeness (QED) is 0.887. The molecule has 2 N–H and O–H groups in total. The van der Waals surface area contributed by atoms with Gasteiger partial charge in [-0.2, -0.15) is 0 Å². The van der Waals surface area contributed by atoms with E-state index in [2.05, 4.69) is 26.6 Å². The van der Waals surface area contributed by atoms with Crippen LogP contribution < -0.4 is 10.6 Å². The summed E-state index contributed by atoms with van der Waals surface area (Å²) in [6.07, 6.45) is 0.0327. The fourth-order valence-electron chi connectivity index (χ4n) is 1.74. The van der Waals surface area contributed by atoms with Crippen molar-refractivity contribution < 1.29 is 9.53 Å². The van der Waals surface area contributed by atoms with E-state index in [-0.39, 0.29) is 12.0 Å². The molecule has 1 unspecified atom stereocenters. The molecule has 0 spiro atoms. The molecule has 6 heteroatoms. The van der Waals surface area contributed by atoms with Gasteiger partial charge in [0, 0.05) is 34.7 Å². The molecule has 0 aliphatic carbocycles. The summed E-state index contributed by atoms with van der Waals surface area (Å²) in [5.41, 5.74) is 0.540. The first-order valence-corrected chi connectivity index (χ1v) is 6.89. The Morgan fingerprint density at radius 3 is 3.06 bits per heavy atom. The third-order valence-electron chi connectivity index (χ3n) is 2.62. The number of morpholine rings is 1. The minimum atomic E-state index is -0.146. The van der Waals surface area contributed by atoms with Crippen LogP contribution >= 0.6 is 27.5 Å². The Kier molecular flexibility index (Phi) is 5.00. The molecule has 0 bridgehead atoms. The second-order valence-corrected chi connectivity index (χ2v) is 5.42. The maximum absolute atomic E-state index is 11.9. The highest BCUT2D eigenvalue weighted by Gasteiger charge is 2.15. The van der Waals surface area contributed by atoms with Crippen LogP contribution in [0.2, 0.25) is 5.02 Å². The molecule has 1 amide bonds. The van der Waals surface area contributed by atoms with E-state index in [1.165, 1.54) is 0 Å². The van der Waals surface area contributed by atoms with Crippen molar-refractivity contribution in [2.75, 3.05) is 26.2 Å². The summed E-state index contributed by atoms with van der Waals surface area (Å²) >= 11 is 9.21. The van der Waals surface area contributed by atoms with E-state index in [9.17, 15) is 4.79 Å². The minimum Gasteiger partial charge on any atom is -0.374 e. The molecule has 1 aromatic rings. The molecule has 1 aromatic carbocycles. The Labute approximate surface area is 119 Å². The standard InChI is InChI=1S/C12H14BrClN2O2/c13-9-3-8(4-10(14)5-9)12(17)16-7-11-6-15-1-2-18-11/h3-5,11,15H,1-2,6-7H2,(H,16,17). The van der Waals surface area contributed by atoms with Crippen LogP contribution in [0.25, 0.3) is 0 Å². The van der Waals surface area contributed by atoms with Crippen LogP contribution in [-0.2, 0) is 4.74 Å². The molecule has 0 aromatic heterocycles. The summed E-state index contributed by atoms with van der Waals surface area (Å²) in [5.74, 6) is -0.146. The van der Waals surface area contributed by atoms with E-state index in [4.69, 9.17) is 16.3 Å². The number of hydrogen-bond donors (Lipinski definition) is 2. The third-order valence-corrected chi connectivity index (χ3v) is 3.30. The van der Waals surface area contributed by atoms with Crippen LogP contribution in [0.1, 0.15) is 10.4 Å². The van der Waals surface area contributed by atoms with Gasteiger partial charge >= 0.3 is 0 Å². The minimum absolute atomic E-state index is 0.0327. The van der Waals surface area contributed by atoms with Gasteiger partial charge in [-0.15, -0.1) is 0 Å². The van der Waals surface area contributed by atoms with Gasteiger partial charge in [-0.3, -0.25) is 4.79 Å². The second kappa shape index (κ2) is 6.52. The lowest BCUT2D eigenvalue weighted by molar-refractivity contribution is 0.0287. The predicted molar refractivity (Wildman–Crippen MR) is 74.1 cm³/mol. The molecular weight excluding hydrogens is 320 g/mol. The van der Waals surface area contributed by atoms with Crippen molar-refractivity contribution in [3.63, 3.8) is 0 Å². The van der Waals surface area contributed by atoms with Crippen molar-refractivity contribution in [2.45, 2.75) is 6.10 Å². The van der Waals surface area contributed by atoms with Crippen LogP contribution in [0.4, 0.5) is 0 Å². The lowest BCUT2D eigenvalue weighted by atomic mass is 10.2. The number of rotatable bonds is 3. The summed E-state index contributed by atoms with van der Waals surface area (Å²) in [6.45, 7) is 2.81. The van der Waals surface area contributed by atoms with Crippen LogP contribution in [-0.4, -0.2) is 38.3 Å². The largest absolute Gasteiger partial charge is 0.374 e. The Hall–Kier alpha value is -0.620. The van der Waals surface area contributed by atoms with E-state index in [1.54, 1.807) is 18.2 Å². The topological polar surface area (TPSA) is 50.4 Å². The number of amides is 1. The predicted octanol–water partition coefficient (Wildman–Crippen LogP) is 1.82. The zero-order valence-corrected chi connectivity index (χ0v) is 12.1. The number of carbonyl (C=O) groups excluding carboxylic acids is 1. The van der Waals surface area contributed by atoms with Gasteiger partial charge in [0.05, 0.1) is 12.7 Å². The molecule has 1 aliphatic heterocycles. The maximum Gasteiger partial charge on any atom is 0.251 e. The smallest absolute Gasteiger partial charge is 0.251 e. The molecule has 1 saturated heterocycles. The van der Waals surface area contributed by atoms with Crippen molar-refractivity contribution in [2.24, 2.45) is 0 Å². The third kappa shape index (κ3) is 3.95. The number of benzene rings is 1. The number of nitrogens with one attached hydrogen (secondary N) is 2. The molecule has 1 fully saturated rings. The molecule has 2 rings (SSSR count). The lowest BCUT2D eigenvalue weighted by Gasteiger charge is -2.23. The molecule has 0 saturated carbocycles. The number of hydrogen-bond acceptors (Lipinski definition) is 3. The van der Waals surface area contributed by atoms with Gasteiger partial charge in [-0.1, -0.05) is 27.5 Å². The molecule has 18 heavy (non-hydrogen) atoms. The number of halogens is 2. The Bertz CT molecular complexity index is 416.